The summed E-state index contributed by atoms with van der Waals surface area (Å²) in [4.78, 5) is 37.4. The Hall–Kier alpha value is -3.46. The Morgan fingerprint density at radius 1 is 1.32 bits per heavy atom. The summed E-state index contributed by atoms with van der Waals surface area (Å²) < 4.78 is 26.3. The summed E-state index contributed by atoms with van der Waals surface area (Å²) in [5.74, 6) is -0.679. The van der Waals surface area contributed by atoms with Crippen LogP contribution in [0.1, 0.15) is 46.7 Å². The van der Waals surface area contributed by atoms with E-state index in [9.17, 15) is 18.4 Å². The monoisotopic (exact) mass is 467 g/mol. The molecule has 178 valence electrons. The number of halogens is 2. The number of rotatable bonds is 7. The molecule has 1 amide bonds. The zero-order chi connectivity index (χ0) is 24.4. The van der Waals surface area contributed by atoms with Gasteiger partial charge in [-0.2, -0.15) is 0 Å². The molecule has 0 aromatic carbocycles. The summed E-state index contributed by atoms with van der Waals surface area (Å²) in [5, 5.41) is 0. The fraction of sp³-hybridized carbons (Fsp3) is 0.360. The summed E-state index contributed by atoms with van der Waals surface area (Å²) in [6.07, 6.45) is 1.37. The third-order valence-electron chi connectivity index (χ3n) is 6.13. The van der Waals surface area contributed by atoms with Crippen molar-refractivity contribution in [1.82, 2.24) is 19.9 Å². The van der Waals surface area contributed by atoms with Gasteiger partial charge in [-0.05, 0) is 47.2 Å². The molecule has 0 fully saturated rings. The van der Waals surface area contributed by atoms with E-state index in [1.807, 2.05) is 38.3 Å². The number of hydrogen-bond donors (Lipinski definition) is 2. The van der Waals surface area contributed by atoms with Crippen LogP contribution in [0.3, 0.4) is 0 Å². The molecule has 4 rings (SSSR count). The first-order chi connectivity index (χ1) is 16.2. The number of primary amides is 1. The molecule has 0 saturated carbocycles. The van der Waals surface area contributed by atoms with E-state index in [1.165, 1.54) is 6.07 Å². The SMILES string of the molecule is CCc1cc2ncc(CN3CC=C(c4ccc(C(N)=O)nc4CC(F)F)C(C)C3)cc2[nH]c1=O. The topological polar surface area (TPSA) is 105 Å². The normalized spacial score (nSPS) is 16.7. The Morgan fingerprint density at radius 2 is 2.12 bits per heavy atom. The number of nitrogens with zero attached hydrogens (tertiary/aromatic N) is 3. The fourth-order valence-electron chi connectivity index (χ4n) is 4.47. The molecule has 0 radical (unpaired) electrons. The van der Waals surface area contributed by atoms with Crippen molar-refractivity contribution in [3.63, 3.8) is 0 Å². The van der Waals surface area contributed by atoms with Crippen molar-refractivity contribution in [2.24, 2.45) is 11.7 Å². The Morgan fingerprint density at radius 3 is 2.79 bits per heavy atom. The van der Waals surface area contributed by atoms with Gasteiger partial charge in [0.15, 0.2) is 0 Å². The van der Waals surface area contributed by atoms with Crippen molar-refractivity contribution >= 4 is 22.5 Å². The lowest BCUT2D eigenvalue weighted by molar-refractivity contribution is 0.0994. The Kier molecular flexibility index (Phi) is 6.83. The molecule has 1 unspecified atom stereocenters. The predicted octanol–water partition coefficient (Wildman–Crippen LogP) is 3.32. The Balaban J connectivity index is 1.56. The average Bonchev–Trinajstić information content (AvgIpc) is 2.78. The van der Waals surface area contributed by atoms with Gasteiger partial charge in [-0.3, -0.25) is 19.5 Å². The number of pyridine rings is 3. The maximum Gasteiger partial charge on any atom is 0.267 e. The predicted molar refractivity (Wildman–Crippen MR) is 127 cm³/mol. The number of aromatic amines is 1. The van der Waals surface area contributed by atoms with Crippen molar-refractivity contribution in [2.45, 2.75) is 39.7 Å². The molecule has 4 heterocycles. The standard InChI is InChI=1S/C25H27F2N5O2/c1-3-16-9-21-22(31-25(16)34)8-15(11-29-21)13-32-7-6-17(14(2)12-32)18-4-5-19(24(28)33)30-20(18)10-23(26)27/h4-6,8-9,11,14,23H,3,7,10,12-13H2,1-2H3,(H2,28,33)(H,31,34). The lowest BCUT2D eigenvalue weighted by atomic mass is 9.88. The van der Waals surface area contributed by atoms with Crippen LogP contribution in [0.4, 0.5) is 8.78 Å². The highest BCUT2D eigenvalue weighted by molar-refractivity contribution is 5.91. The number of fused-ring (bicyclic) bond motifs is 1. The number of carbonyl (C=O) groups excluding carboxylic acids is 1. The molecule has 0 aliphatic carbocycles. The maximum atomic E-state index is 13.2. The highest BCUT2D eigenvalue weighted by Gasteiger charge is 2.24. The minimum absolute atomic E-state index is 0.0157. The molecule has 3 aromatic rings. The molecule has 0 spiro atoms. The van der Waals surface area contributed by atoms with Crippen LogP contribution >= 0.6 is 0 Å². The summed E-state index contributed by atoms with van der Waals surface area (Å²) in [5.41, 5.74) is 10.1. The first-order valence-corrected chi connectivity index (χ1v) is 11.3. The van der Waals surface area contributed by atoms with E-state index in [0.29, 0.717) is 42.7 Å². The van der Waals surface area contributed by atoms with Gasteiger partial charge in [0.2, 0.25) is 6.43 Å². The molecular weight excluding hydrogens is 440 g/mol. The molecule has 1 atom stereocenters. The summed E-state index contributed by atoms with van der Waals surface area (Å²) in [6, 6.07) is 6.92. The Labute approximate surface area is 195 Å². The number of hydrogen-bond acceptors (Lipinski definition) is 5. The molecule has 0 bridgehead atoms. The van der Waals surface area contributed by atoms with Crippen LogP contribution in [0.25, 0.3) is 16.6 Å². The number of amides is 1. The quantitative estimate of drug-likeness (QED) is 0.555. The second kappa shape index (κ2) is 9.80. The van der Waals surface area contributed by atoms with E-state index >= 15 is 0 Å². The minimum Gasteiger partial charge on any atom is -0.364 e. The van der Waals surface area contributed by atoms with Crippen molar-refractivity contribution in [3.05, 3.63) is 75.0 Å². The largest absolute Gasteiger partial charge is 0.364 e. The second-order valence-electron chi connectivity index (χ2n) is 8.66. The Bertz CT molecular complexity index is 1320. The van der Waals surface area contributed by atoms with E-state index in [2.05, 4.69) is 19.9 Å². The van der Waals surface area contributed by atoms with E-state index in [4.69, 9.17) is 5.73 Å². The average molecular weight is 468 g/mol. The maximum absolute atomic E-state index is 13.2. The van der Waals surface area contributed by atoms with Gasteiger partial charge in [0, 0.05) is 31.4 Å². The number of aryl methyl sites for hydroxylation is 1. The van der Waals surface area contributed by atoms with Crippen molar-refractivity contribution in [2.75, 3.05) is 13.1 Å². The van der Waals surface area contributed by atoms with Gasteiger partial charge in [0.25, 0.3) is 11.5 Å². The minimum atomic E-state index is -2.58. The molecule has 3 N–H and O–H groups in total. The van der Waals surface area contributed by atoms with Gasteiger partial charge in [-0.25, -0.2) is 13.8 Å². The summed E-state index contributed by atoms with van der Waals surface area (Å²) in [7, 11) is 0. The molecule has 0 saturated heterocycles. The van der Waals surface area contributed by atoms with E-state index in [1.54, 1.807) is 6.07 Å². The number of carbonyl (C=O) groups is 1. The second-order valence-corrected chi connectivity index (χ2v) is 8.66. The van der Waals surface area contributed by atoms with Crippen molar-refractivity contribution in [3.8, 4) is 0 Å². The van der Waals surface area contributed by atoms with Gasteiger partial charge < -0.3 is 10.7 Å². The van der Waals surface area contributed by atoms with Gasteiger partial charge in [0.1, 0.15) is 5.69 Å². The van der Waals surface area contributed by atoms with Gasteiger partial charge in [-0.15, -0.1) is 0 Å². The lowest BCUT2D eigenvalue weighted by Gasteiger charge is -2.32. The van der Waals surface area contributed by atoms with Crippen molar-refractivity contribution in [1.29, 1.82) is 0 Å². The van der Waals surface area contributed by atoms with Crippen LogP contribution in [0, 0.1) is 5.92 Å². The summed E-state index contributed by atoms with van der Waals surface area (Å²) in [6.45, 7) is 5.93. The van der Waals surface area contributed by atoms with E-state index in [0.717, 1.165) is 16.7 Å². The molecule has 34 heavy (non-hydrogen) atoms. The third-order valence-corrected chi connectivity index (χ3v) is 6.13. The molecular formula is C25H27F2N5O2. The van der Waals surface area contributed by atoms with Crippen LogP contribution in [0.2, 0.25) is 0 Å². The molecule has 1 aliphatic rings. The van der Waals surface area contributed by atoms with Gasteiger partial charge >= 0.3 is 0 Å². The lowest BCUT2D eigenvalue weighted by Crippen LogP contribution is -2.33. The number of aromatic nitrogens is 3. The molecule has 9 heteroatoms. The number of nitrogens with two attached hydrogens (primary N) is 1. The molecule has 3 aromatic heterocycles. The number of alkyl halides is 2. The highest BCUT2D eigenvalue weighted by atomic mass is 19.3. The smallest absolute Gasteiger partial charge is 0.267 e. The van der Waals surface area contributed by atoms with Crippen LogP contribution in [0.5, 0.6) is 0 Å². The first kappa shape index (κ1) is 23.7. The highest BCUT2D eigenvalue weighted by Crippen LogP contribution is 2.31. The molecule has 7 nitrogen and oxygen atoms in total. The van der Waals surface area contributed by atoms with E-state index < -0.39 is 18.8 Å². The zero-order valence-electron chi connectivity index (χ0n) is 19.1. The van der Waals surface area contributed by atoms with Gasteiger partial charge in [-0.1, -0.05) is 26.0 Å². The van der Waals surface area contributed by atoms with Crippen molar-refractivity contribution < 1.29 is 13.6 Å². The molecule has 1 aliphatic heterocycles. The van der Waals surface area contributed by atoms with Crippen LogP contribution in [-0.4, -0.2) is 45.3 Å². The fourth-order valence-corrected chi connectivity index (χ4v) is 4.47. The number of nitrogens with one attached hydrogen (secondary N) is 1. The third kappa shape index (κ3) is 5.04. The van der Waals surface area contributed by atoms with Crippen LogP contribution in [0.15, 0.2) is 41.3 Å². The van der Waals surface area contributed by atoms with Gasteiger partial charge in [0.05, 0.1) is 23.1 Å². The zero-order valence-corrected chi connectivity index (χ0v) is 19.1. The first-order valence-electron chi connectivity index (χ1n) is 11.3. The van der Waals surface area contributed by atoms with Crippen LogP contribution in [-0.2, 0) is 19.4 Å². The number of H-pyrrole nitrogens is 1. The summed E-state index contributed by atoms with van der Waals surface area (Å²) >= 11 is 0. The van der Waals surface area contributed by atoms with Crippen LogP contribution < -0.4 is 11.3 Å². The van der Waals surface area contributed by atoms with E-state index in [-0.39, 0.29) is 22.9 Å².